The van der Waals surface area contributed by atoms with Crippen molar-refractivity contribution in [3.8, 4) is 5.69 Å². The van der Waals surface area contributed by atoms with Crippen molar-refractivity contribution in [2.45, 2.75) is 27.2 Å². The number of carbonyl (C=O) groups excluding carboxylic acids is 2. The van der Waals surface area contributed by atoms with E-state index in [2.05, 4.69) is 15.7 Å². The maximum absolute atomic E-state index is 12.8. The van der Waals surface area contributed by atoms with Crippen LogP contribution in [0.5, 0.6) is 0 Å². The average Bonchev–Trinajstić information content (AvgIpc) is 2.96. The van der Waals surface area contributed by atoms with Crippen LogP contribution < -0.4 is 10.6 Å². The Morgan fingerprint density at radius 3 is 2.41 bits per heavy atom. The molecular formula is C22H23ClN4O2. The molecule has 0 fully saturated rings. The summed E-state index contributed by atoms with van der Waals surface area (Å²) >= 11 is 5.97. The summed E-state index contributed by atoms with van der Waals surface area (Å²) in [5.41, 5.74) is 5.15. The van der Waals surface area contributed by atoms with Crippen molar-refractivity contribution in [1.29, 1.82) is 0 Å². The molecule has 1 heterocycles. The normalized spacial score (nSPS) is 10.7. The molecule has 2 aromatic carbocycles. The second-order valence-electron chi connectivity index (χ2n) is 6.84. The molecule has 0 spiro atoms. The van der Waals surface area contributed by atoms with Crippen LogP contribution in [0.3, 0.4) is 0 Å². The Bertz CT molecular complexity index is 1070. The number of amides is 2. The van der Waals surface area contributed by atoms with Crippen molar-refractivity contribution in [3.63, 3.8) is 0 Å². The van der Waals surface area contributed by atoms with Gasteiger partial charge in [0.15, 0.2) is 0 Å². The Hall–Kier alpha value is -3.12. The van der Waals surface area contributed by atoms with Gasteiger partial charge in [0.1, 0.15) is 0 Å². The molecule has 0 radical (unpaired) electrons. The fraction of sp³-hybridized carbons (Fsp3) is 0.227. The predicted molar refractivity (Wildman–Crippen MR) is 115 cm³/mol. The first kappa shape index (κ1) is 20.6. The second kappa shape index (κ2) is 8.49. The molecule has 0 aliphatic heterocycles. The predicted octanol–water partition coefficient (Wildman–Crippen LogP) is 3.99. The molecule has 0 bridgehead atoms. The maximum Gasteiger partial charge on any atom is 0.253 e. The number of halogens is 1. The molecule has 3 rings (SSSR count). The van der Waals surface area contributed by atoms with Gasteiger partial charge in [-0.2, -0.15) is 5.10 Å². The van der Waals surface area contributed by atoms with Gasteiger partial charge in [0.05, 0.1) is 29.1 Å². The van der Waals surface area contributed by atoms with Crippen LogP contribution in [0.15, 0.2) is 42.5 Å². The molecule has 0 unspecified atom stereocenters. The lowest BCUT2D eigenvalue weighted by Gasteiger charge is -2.13. The standard InChI is InChI=1S/C22H23ClN4O2/c1-13-6-5-7-19(21(13)22(29)24-4)25-20(28)12-18-14(2)26-27(15(18)3)17-10-8-16(23)9-11-17/h5-11H,12H2,1-4H3,(H,24,29)(H,25,28). The van der Waals surface area contributed by atoms with E-state index in [0.717, 1.165) is 28.2 Å². The van der Waals surface area contributed by atoms with Crippen molar-refractivity contribution >= 4 is 29.1 Å². The van der Waals surface area contributed by atoms with E-state index in [4.69, 9.17) is 11.6 Å². The van der Waals surface area contributed by atoms with Gasteiger partial charge in [-0.3, -0.25) is 9.59 Å². The minimum atomic E-state index is -0.235. The van der Waals surface area contributed by atoms with Crippen LogP contribution in [0.2, 0.25) is 5.02 Å². The number of hydrogen-bond acceptors (Lipinski definition) is 3. The average molecular weight is 411 g/mol. The van der Waals surface area contributed by atoms with E-state index in [9.17, 15) is 9.59 Å². The summed E-state index contributed by atoms with van der Waals surface area (Å²) in [6.45, 7) is 5.65. The van der Waals surface area contributed by atoms with Crippen LogP contribution in [0.1, 0.15) is 32.9 Å². The van der Waals surface area contributed by atoms with E-state index in [-0.39, 0.29) is 18.2 Å². The summed E-state index contributed by atoms with van der Waals surface area (Å²) in [4.78, 5) is 25.0. The first-order valence-electron chi connectivity index (χ1n) is 9.24. The lowest BCUT2D eigenvalue weighted by atomic mass is 10.0. The maximum atomic E-state index is 12.8. The molecule has 0 saturated carbocycles. The number of rotatable bonds is 5. The summed E-state index contributed by atoms with van der Waals surface area (Å²) in [5, 5.41) is 10.7. The van der Waals surface area contributed by atoms with Crippen LogP contribution >= 0.6 is 11.6 Å². The highest BCUT2D eigenvalue weighted by atomic mass is 35.5. The molecule has 0 aliphatic carbocycles. The molecule has 150 valence electrons. The number of aryl methyl sites for hydroxylation is 2. The Balaban J connectivity index is 1.85. The molecule has 0 saturated heterocycles. The summed E-state index contributed by atoms with van der Waals surface area (Å²) in [7, 11) is 1.57. The lowest BCUT2D eigenvalue weighted by molar-refractivity contribution is -0.115. The van der Waals surface area contributed by atoms with Crippen LogP contribution in [0.4, 0.5) is 5.69 Å². The number of benzene rings is 2. The van der Waals surface area contributed by atoms with E-state index in [1.165, 1.54) is 0 Å². The van der Waals surface area contributed by atoms with E-state index in [1.54, 1.807) is 29.9 Å². The van der Waals surface area contributed by atoms with Gasteiger partial charge in [-0.05, 0) is 56.7 Å². The zero-order valence-corrected chi connectivity index (χ0v) is 17.6. The molecule has 29 heavy (non-hydrogen) atoms. The quantitative estimate of drug-likeness (QED) is 0.667. The Labute approximate surface area is 174 Å². The molecular weight excluding hydrogens is 388 g/mol. The molecule has 2 N–H and O–H groups in total. The first-order valence-corrected chi connectivity index (χ1v) is 9.62. The second-order valence-corrected chi connectivity index (χ2v) is 7.28. The van der Waals surface area contributed by atoms with Gasteiger partial charge in [-0.15, -0.1) is 0 Å². The van der Waals surface area contributed by atoms with Crippen LogP contribution in [-0.2, 0) is 11.2 Å². The van der Waals surface area contributed by atoms with Gasteiger partial charge in [0, 0.05) is 23.3 Å². The van der Waals surface area contributed by atoms with Gasteiger partial charge in [-0.1, -0.05) is 23.7 Å². The van der Waals surface area contributed by atoms with Gasteiger partial charge in [0.2, 0.25) is 5.91 Å². The molecule has 0 atom stereocenters. The van der Waals surface area contributed by atoms with E-state index < -0.39 is 0 Å². The van der Waals surface area contributed by atoms with Crippen molar-refractivity contribution in [1.82, 2.24) is 15.1 Å². The first-order chi connectivity index (χ1) is 13.8. The van der Waals surface area contributed by atoms with E-state index >= 15 is 0 Å². The van der Waals surface area contributed by atoms with Gasteiger partial charge in [-0.25, -0.2) is 4.68 Å². The Morgan fingerprint density at radius 2 is 1.76 bits per heavy atom. The number of nitrogens with one attached hydrogen (secondary N) is 2. The minimum absolute atomic E-state index is 0.159. The summed E-state index contributed by atoms with van der Waals surface area (Å²) in [6.07, 6.45) is 0.159. The largest absolute Gasteiger partial charge is 0.355 e. The molecule has 3 aromatic rings. The Morgan fingerprint density at radius 1 is 1.07 bits per heavy atom. The summed E-state index contributed by atoms with van der Waals surface area (Å²) in [5.74, 6) is -0.441. The lowest BCUT2D eigenvalue weighted by Crippen LogP contribution is -2.23. The molecule has 7 heteroatoms. The number of carbonyl (C=O) groups is 2. The van der Waals surface area contributed by atoms with Gasteiger partial charge in [0.25, 0.3) is 5.91 Å². The third-order valence-corrected chi connectivity index (χ3v) is 5.10. The zero-order chi connectivity index (χ0) is 21.1. The van der Waals surface area contributed by atoms with Crippen molar-refractivity contribution in [2.24, 2.45) is 0 Å². The fourth-order valence-corrected chi connectivity index (χ4v) is 3.44. The summed E-state index contributed by atoms with van der Waals surface area (Å²) < 4.78 is 1.80. The SMILES string of the molecule is CNC(=O)c1c(C)cccc1NC(=O)Cc1c(C)nn(-c2ccc(Cl)cc2)c1C. The van der Waals surface area contributed by atoms with Crippen molar-refractivity contribution in [3.05, 3.63) is 75.6 Å². The van der Waals surface area contributed by atoms with Crippen LogP contribution in [0, 0.1) is 20.8 Å². The third kappa shape index (κ3) is 4.32. The zero-order valence-electron chi connectivity index (χ0n) is 16.8. The molecule has 6 nitrogen and oxygen atoms in total. The monoisotopic (exact) mass is 410 g/mol. The highest BCUT2D eigenvalue weighted by Crippen LogP contribution is 2.22. The Kier molecular flexibility index (Phi) is 6.03. The molecule has 1 aromatic heterocycles. The van der Waals surface area contributed by atoms with Gasteiger partial charge < -0.3 is 10.6 Å². The van der Waals surface area contributed by atoms with E-state index in [1.807, 2.05) is 45.0 Å². The van der Waals surface area contributed by atoms with Gasteiger partial charge >= 0.3 is 0 Å². The number of anilines is 1. The number of nitrogens with zero attached hydrogens (tertiary/aromatic N) is 2. The third-order valence-electron chi connectivity index (χ3n) is 4.85. The number of hydrogen-bond donors (Lipinski definition) is 2. The highest BCUT2D eigenvalue weighted by molar-refractivity contribution is 6.30. The smallest absolute Gasteiger partial charge is 0.253 e. The molecule has 2 amide bonds. The molecule has 0 aliphatic rings. The van der Waals surface area contributed by atoms with E-state index in [0.29, 0.717) is 16.3 Å². The fourth-order valence-electron chi connectivity index (χ4n) is 3.32. The minimum Gasteiger partial charge on any atom is -0.355 e. The highest BCUT2D eigenvalue weighted by Gasteiger charge is 2.19. The number of aromatic nitrogens is 2. The topological polar surface area (TPSA) is 76.0 Å². The van der Waals surface area contributed by atoms with Crippen LogP contribution in [-0.4, -0.2) is 28.6 Å². The van der Waals surface area contributed by atoms with Crippen molar-refractivity contribution in [2.75, 3.05) is 12.4 Å². The van der Waals surface area contributed by atoms with Crippen LogP contribution in [0.25, 0.3) is 5.69 Å². The van der Waals surface area contributed by atoms with Crippen molar-refractivity contribution < 1.29 is 9.59 Å². The summed E-state index contributed by atoms with van der Waals surface area (Å²) in [6, 6.07) is 12.8.